The number of methoxy groups -OCH3 is 1. The van der Waals surface area contributed by atoms with Gasteiger partial charge in [0, 0.05) is 30.6 Å². The average molecular weight is 444 g/mol. The number of rotatable bonds is 7. The highest BCUT2D eigenvalue weighted by Crippen LogP contribution is 2.41. The molecule has 0 spiro atoms. The summed E-state index contributed by atoms with van der Waals surface area (Å²) >= 11 is 0. The van der Waals surface area contributed by atoms with Crippen LogP contribution >= 0.6 is 0 Å². The number of alkyl halides is 2. The zero-order chi connectivity index (χ0) is 22.8. The number of aryl methyl sites for hydroxylation is 1. The smallest absolute Gasteiger partial charge is 0.335 e. The molecule has 0 amide bonds. The lowest BCUT2D eigenvalue weighted by molar-refractivity contribution is 0.0348. The van der Waals surface area contributed by atoms with Crippen molar-refractivity contribution in [2.45, 2.75) is 31.8 Å². The third-order valence-electron chi connectivity index (χ3n) is 6.06. The fourth-order valence-electron chi connectivity index (χ4n) is 4.47. The fraction of sp³-hybridized carbons (Fsp3) is 0.375. The van der Waals surface area contributed by atoms with Gasteiger partial charge in [0.1, 0.15) is 6.10 Å². The van der Waals surface area contributed by atoms with Crippen LogP contribution in [0.4, 0.5) is 8.78 Å². The number of hydrogen-bond donors (Lipinski definition) is 2. The van der Waals surface area contributed by atoms with Gasteiger partial charge in [-0.15, -0.1) is 0 Å². The van der Waals surface area contributed by atoms with Gasteiger partial charge >= 0.3 is 5.97 Å². The Labute approximate surface area is 184 Å². The summed E-state index contributed by atoms with van der Waals surface area (Å²) in [5.74, 6) is 0.0234. The number of carboxylic acid groups (broad SMARTS) is 1. The molecule has 1 aromatic heterocycles. The predicted octanol–water partition coefficient (Wildman–Crippen LogP) is 4.69. The number of ether oxygens (including phenoxy) is 2. The third-order valence-corrected chi connectivity index (χ3v) is 6.06. The number of halogens is 2. The number of nitrogens with one attached hydrogen (secondary N) is 1. The van der Waals surface area contributed by atoms with E-state index in [2.05, 4.69) is 4.98 Å². The molecule has 0 bridgehead atoms. The summed E-state index contributed by atoms with van der Waals surface area (Å²) < 4.78 is 38.2. The second kappa shape index (κ2) is 9.16. The first-order valence-corrected chi connectivity index (χ1v) is 10.5. The molecule has 0 aliphatic carbocycles. The van der Waals surface area contributed by atoms with Crippen molar-refractivity contribution in [2.75, 3.05) is 26.7 Å². The van der Waals surface area contributed by atoms with Gasteiger partial charge in [0.25, 0.3) is 6.43 Å². The number of nitrogens with zero attached hydrogens (tertiary/aromatic N) is 1. The SMILES string of the molecule is COc1cc(C)c2[nH]ccc2c1O[C@H]1CCN(CC(F)F)C[C@H]1c1ccc(C(=O)O)cc1. The molecule has 2 N–H and O–H groups in total. The number of carbonyl (C=O) groups is 1. The highest BCUT2D eigenvalue weighted by molar-refractivity contribution is 5.91. The van der Waals surface area contributed by atoms with Gasteiger partial charge in [-0.05, 0) is 48.7 Å². The number of likely N-dealkylation sites (tertiary alicyclic amines) is 1. The molecule has 2 heterocycles. The Hall–Kier alpha value is -3.13. The Balaban J connectivity index is 1.68. The van der Waals surface area contributed by atoms with E-state index in [0.717, 1.165) is 22.0 Å². The average Bonchev–Trinajstić information content (AvgIpc) is 3.27. The van der Waals surface area contributed by atoms with Crippen molar-refractivity contribution in [1.82, 2.24) is 9.88 Å². The molecule has 1 aliphatic heterocycles. The number of H-pyrrole nitrogens is 1. The van der Waals surface area contributed by atoms with Gasteiger partial charge < -0.3 is 19.6 Å². The van der Waals surface area contributed by atoms with Crippen molar-refractivity contribution >= 4 is 16.9 Å². The minimum atomic E-state index is -2.42. The quantitative estimate of drug-likeness (QED) is 0.553. The van der Waals surface area contributed by atoms with Crippen LogP contribution in [0.25, 0.3) is 10.9 Å². The number of aromatic nitrogens is 1. The first-order chi connectivity index (χ1) is 15.4. The molecule has 0 radical (unpaired) electrons. The zero-order valence-corrected chi connectivity index (χ0v) is 18.0. The molecule has 6 nitrogen and oxygen atoms in total. The molecule has 2 atom stereocenters. The van der Waals surface area contributed by atoms with Crippen LogP contribution < -0.4 is 9.47 Å². The lowest BCUT2D eigenvalue weighted by Crippen LogP contribution is -2.45. The van der Waals surface area contributed by atoms with E-state index < -0.39 is 12.4 Å². The van der Waals surface area contributed by atoms with Gasteiger partial charge in [-0.1, -0.05) is 12.1 Å². The topological polar surface area (TPSA) is 74.8 Å². The van der Waals surface area contributed by atoms with Crippen LogP contribution in [0.15, 0.2) is 42.6 Å². The van der Waals surface area contributed by atoms with Crippen molar-refractivity contribution < 1.29 is 28.2 Å². The fourth-order valence-corrected chi connectivity index (χ4v) is 4.47. The summed E-state index contributed by atoms with van der Waals surface area (Å²) in [6, 6.07) is 10.4. The largest absolute Gasteiger partial charge is 0.493 e. The second-order valence-electron chi connectivity index (χ2n) is 8.12. The van der Waals surface area contributed by atoms with Crippen molar-refractivity contribution in [3.8, 4) is 11.5 Å². The molecule has 170 valence electrons. The minimum absolute atomic E-state index is 0.181. The highest BCUT2D eigenvalue weighted by atomic mass is 19.3. The van der Waals surface area contributed by atoms with E-state index in [1.807, 2.05) is 25.3 Å². The Bertz CT molecular complexity index is 1100. The van der Waals surface area contributed by atoms with E-state index in [4.69, 9.17) is 9.47 Å². The van der Waals surface area contributed by atoms with Crippen LogP contribution in [0.3, 0.4) is 0 Å². The first kappa shape index (κ1) is 22.1. The van der Waals surface area contributed by atoms with Crippen LogP contribution in [0.1, 0.15) is 33.8 Å². The van der Waals surface area contributed by atoms with E-state index >= 15 is 0 Å². The molecule has 8 heteroatoms. The molecule has 32 heavy (non-hydrogen) atoms. The normalized spacial score (nSPS) is 19.4. The Morgan fingerprint density at radius 3 is 2.69 bits per heavy atom. The van der Waals surface area contributed by atoms with E-state index in [-0.39, 0.29) is 24.1 Å². The third kappa shape index (κ3) is 4.41. The molecule has 2 aromatic carbocycles. The van der Waals surface area contributed by atoms with Crippen LogP contribution in [0.5, 0.6) is 11.5 Å². The number of piperidine rings is 1. The number of benzene rings is 2. The highest BCUT2D eigenvalue weighted by Gasteiger charge is 2.34. The molecule has 0 unspecified atom stereocenters. The van der Waals surface area contributed by atoms with Gasteiger partial charge in [-0.2, -0.15) is 0 Å². The number of fused-ring (bicyclic) bond motifs is 1. The lowest BCUT2D eigenvalue weighted by atomic mass is 9.87. The summed E-state index contributed by atoms with van der Waals surface area (Å²) in [4.78, 5) is 16.2. The van der Waals surface area contributed by atoms with Gasteiger partial charge in [-0.25, -0.2) is 13.6 Å². The number of aromatic carboxylic acids is 1. The maximum absolute atomic E-state index is 13.1. The molecule has 1 saturated heterocycles. The molecule has 3 aromatic rings. The predicted molar refractivity (Wildman–Crippen MR) is 117 cm³/mol. The summed E-state index contributed by atoms with van der Waals surface area (Å²) in [5.41, 5.74) is 3.02. The summed E-state index contributed by atoms with van der Waals surface area (Å²) in [6.07, 6.45) is -0.299. The molecule has 1 fully saturated rings. The van der Waals surface area contributed by atoms with Crippen molar-refractivity contribution in [3.63, 3.8) is 0 Å². The number of aromatic amines is 1. The van der Waals surface area contributed by atoms with Gasteiger partial charge in [0.05, 0.1) is 24.7 Å². The minimum Gasteiger partial charge on any atom is -0.493 e. The summed E-state index contributed by atoms with van der Waals surface area (Å²) in [7, 11) is 1.59. The summed E-state index contributed by atoms with van der Waals surface area (Å²) in [6.45, 7) is 2.57. The van der Waals surface area contributed by atoms with Crippen molar-refractivity contribution in [1.29, 1.82) is 0 Å². The standard InChI is InChI=1S/C24H26F2N2O4/c1-14-11-20(31-2)23(17-7-9-27-22(14)17)32-19-8-10-28(13-21(25)26)12-18(19)15-3-5-16(6-4-15)24(29)30/h3-7,9,11,18-19,21,27H,8,10,12-13H2,1-2H3,(H,29,30)/t18-,19-/m0/s1. The summed E-state index contributed by atoms with van der Waals surface area (Å²) in [5, 5.41) is 10.1. The van der Waals surface area contributed by atoms with Crippen LogP contribution in [0, 0.1) is 6.92 Å². The van der Waals surface area contributed by atoms with E-state index in [1.54, 1.807) is 24.1 Å². The van der Waals surface area contributed by atoms with E-state index in [9.17, 15) is 18.7 Å². The van der Waals surface area contributed by atoms with E-state index in [1.165, 1.54) is 12.1 Å². The van der Waals surface area contributed by atoms with Crippen molar-refractivity contribution in [2.24, 2.45) is 0 Å². The van der Waals surface area contributed by atoms with Gasteiger partial charge in [0.2, 0.25) is 0 Å². The number of carboxylic acids is 1. The molecular formula is C24H26F2N2O4. The van der Waals surface area contributed by atoms with E-state index in [0.29, 0.717) is 31.0 Å². The molecule has 0 saturated carbocycles. The maximum atomic E-state index is 13.1. The van der Waals surface area contributed by atoms with Crippen LogP contribution in [-0.4, -0.2) is 60.2 Å². The monoisotopic (exact) mass is 444 g/mol. The number of hydrogen-bond acceptors (Lipinski definition) is 4. The Kier molecular flexibility index (Phi) is 6.32. The second-order valence-corrected chi connectivity index (χ2v) is 8.12. The van der Waals surface area contributed by atoms with Gasteiger partial charge in [0.15, 0.2) is 11.5 Å². The Morgan fingerprint density at radius 2 is 2.03 bits per heavy atom. The maximum Gasteiger partial charge on any atom is 0.335 e. The van der Waals surface area contributed by atoms with Crippen molar-refractivity contribution in [3.05, 3.63) is 59.3 Å². The van der Waals surface area contributed by atoms with Crippen LogP contribution in [-0.2, 0) is 0 Å². The Morgan fingerprint density at radius 1 is 1.28 bits per heavy atom. The first-order valence-electron chi connectivity index (χ1n) is 10.5. The molecular weight excluding hydrogens is 418 g/mol. The zero-order valence-electron chi connectivity index (χ0n) is 18.0. The van der Waals surface area contributed by atoms with Gasteiger partial charge in [-0.3, -0.25) is 4.90 Å². The van der Waals surface area contributed by atoms with Crippen LogP contribution in [0.2, 0.25) is 0 Å². The molecule has 4 rings (SSSR count). The molecule has 1 aliphatic rings. The lowest BCUT2D eigenvalue weighted by Gasteiger charge is -2.39.